The Morgan fingerprint density at radius 3 is 2.36 bits per heavy atom. The van der Waals surface area contributed by atoms with Gasteiger partial charge in [-0.2, -0.15) is 0 Å². The number of nitrogens with zero attached hydrogens (tertiary/aromatic N) is 4. The number of carbonyl (C=O) groups excluding carboxylic acids is 2. The van der Waals surface area contributed by atoms with Crippen molar-refractivity contribution >= 4 is 51.6 Å². The fourth-order valence-electron chi connectivity index (χ4n) is 4.75. The van der Waals surface area contributed by atoms with Crippen LogP contribution < -0.4 is 10.1 Å². The summed E-state index contributed by atoms with van der Waals surface area (Å²) in [6, 6.07) is 31.8. The summed E-state index contributed by atoms with van der Waals surface area (Å²) in [6.45, 7) is 1.51. The Morgan fingerprint density at radius 2 is 1.66 bits per heavy atom. The lowest BCUT2D eigenvalue weighted by Gasteiger charge is -2.14. The van der Waals surface area contributed by atoms with Gasteiger partial charge in [0.15, 0.2) is 16.8 Å². The molecule has 0 saturated heterocycles. The molecule has 2 aromatic heterocycles. The number of hydrogen-bond acceptors (Lipinski definition) is 7. The van der Waals surface area contributed by atoms with Crippen LogP contribution in [0.5, 0.6) is 5.75 Å². The maximum atomic E-state index is 12.9. The quantitative estimate of drug-likeness (QED) is 0.130. The molecular formula is C34H26ClN5O3S. The molecule has 0 aliphatic carbocycles. The lowest BCUT2D eigenvalue weighted by atomic mass is 10.0. The van der Waals surface area contributed by atoms with Gasteiger partial charge in [0, 0.05) is 38.5 Å². The first-order valence-electron chi connectivity index (χ1n) is 13.7. The zero-order valence-electron chi connectivity index (χ0n) is 23.8. The summed E-state index contributed by atoms with van der Waals surface area (Å²) in [5.41, 5.74) is 5.26. The van der Waals surface area contributed by atoms with Crippen molar-refractivity contribution in [3.05, 3.63) is 114 Å². The molecule has 2 heterocycles. The summed E-state index contributed by atoms with van der Waals surface area (Å²) < 4.78 is 7.49. The van der Waals surface area contributed by atoms with E-state index in [0.717, 1.165) is 33.4 Å². The van der Waals surface area contributed by atoms with E-state index in [-0.39, 0.29) is 17.4 Å². The Bertz CT molecular complexity index is 1980. The van der Waals surface area contributed by atoms with Crippen molar-refractivity contribution in [1.82, 2.24) is 19.7 Å². The van der Waals surface area contributed by atoms with E-state index < -0.39 is 0 Å². The number of Topliss-reactive ketones (excluding diaryl/α,β-unsaturated/α-hetero) is 1. The molecule has 6 aromatic rings. The highest BCUT2D eigenvalue weighted by molar-refractivity contribution is 7.99. The maximum Gasteiger partial charge on any atom is 0.234 e. The van der Waals surface area contributed by atoms with Crippen molar-refractivity contribution in [3.8, 4) is 34.1 Å². The summed E-state index contributed by atoms with van der Waals surface area (Å²) in [5, 5.41) is 14.1. The highest BCUT2D eigenvalue weighted by Gasteiger charge is 2.21. The number of benzene rings is 4. The third-order valence-electron chi connectivity index (χ3n) is 6.95. The zero-order valence-corrected chi connectivity index (χ0v) is 25.4. The summed E-state index contributed by atoms with van der Waals surface area (Å²) in [5.74, 6) is 1.14. The molecule has 1 N–H and O–H groups in total. The third-order valence-corrected chi connectivity index (χ3v) is 8.13. The fourth-order valence-corrected chi connectivity index (χ4v) is 5.63. The molecule has 0 aliphatic heterocycles. The van der Waals surface area contributed by atoms with Crippen molar-refractivity contribution < 1.29 is 14.3 Å². The summed E-state index contributed by atoms with van der Waals surface area (Å²) >= 11 is 7.44. The number of anilines is 1. The highest BCUT2D eigenvalue weighted by atomic mass is 35.5. The molecule has 0 aliphatic rings. The predicted octanol–water partition coefficient (Wildman–Crippen LogP) is 7.74. The molecular weight excluding hydrogens is 594 g/mol. The van der Waals surface area contributed by atoms with Crippen LogP contribution in [0.15, 0.2) is 108 Å². The van der Waals surface area contributed by atoms with E-state index in [2.05, 4.69) is 15.5 Å². The van der Waals surface area contributed by atoms with E-state index in [0.29, 0.717) is 33.0 Å². The predicted molar refractivity (Wildman–Crippen MR) is 175 cm³/mol. The highest BCUT2D eigenvalue weighted by Crippen LogP contribution is 2.36. The lowest BCUT2D eigenvalue weighted by Crippen LogP contribution is -2.14. The Balaban J connectivity index is 1.40. The second-order valence-electron chi connectivity index (χ2n) is 9.89. The molecule has 0 radical (unpaired) electrons. The number of fused-ring (bicyclic) bond motifs is 1. The number of methoxy groups -OCH3 is 1. The van der Waals surface area contributed by atoms with Crippen LogP contribution in [0, 0.1) is 0 Å². The van der Waals surface area contributed by atoms with Crippen molar-refractivity contribution in [1.29, 1.82) is 0 Å². The first-order chi connectivity index (χ1) is 21.4. The maximum absolute atomic E-state index is 12.9. The smallest absolute Gasteiger partial charge is 0.234 e. The Labute approximate surface area is 263 Å². The van der Waals surface area contributed by atoms with Crippen molar-refractivity contribution in [2.75, 3.05) is 18.2 Å². The van der Waals surface area contributed by atoms with E-state index >= 15 is 0 Å². The average Bonchev–Trinajstić information content (AvgIpc) is 3.48. The van der Waals surface area contributed by atoms with E-state index in [4.69, 9.17) is 21.3 Å². The van der Waals surface area contributed by atoms with Crippen LogP contribution in [-0.4, -0.2) is 44.3 Å². The molecule has 0 spiro atoms. The number of rotatable bonds is 9. The third kappa shape index (κ3) is 6.20. The minimum absolute atomic E-state index is 0.0322. The van der Waals surface area contributed by atoms with Gasteiger partial charge in [-0.15, -0.1) is 10.2 Å². The van der Waals surface area contributed by atoms with Gasteiger partial charge in [-0.05, 0) is 79.7 Å². The monoisotopic (exact) mass is 619 g/mol. The van der Waals surface area contributed by atoms with E-state index in [1.54, 1.807) is 31.4 Å². The van der Waals surface area contributed by atoms with Gasteiger partial charge in [-0.25, -0.2) is 4.98 Å². The molecule has 0 fully saturated rings. The van der Waals surface area contributed by atoms with Crippen LogP contribution in [-0.2, 0) is 4.79 Å². The molecule has 218 valence electrons. The van der Waals surface area contributed by atoms with Crippen molar-refractivity contribution in [3.63, 3.8) is 0 Å². The molecule has 0 bridgehead atoms. The first-order valence-corrected chi connectivity index (χ1v) is 15.1. The molecule has 10 heteroatoms. The van der Waals surface area contributed by atoms with E-state index in [1.165, 1.54) is 18.7 Å². The average molecular weight is 620 g/mol. The van der Waals surface area contributed by atoms with Gasteiger partial charge < -0.3 is 10.1 Å². The van der Waals surface area contributed by atoms with Crippen LogP contribution >= 0.6 is 23.4 Å². The van der Waals surface area contributed by atoms with Gasteiger partial charge in [0.2, 0.25) is 5.91 Å². The van der Waals surface area contributed by atoms with Gasteiger partial charge >= 0.3 is 0 Å². The summed E-state index contributed by atoms with van der Waals surface area (Å²) in [4.78, 5) is 29.4. The minimum atomic E-state index is -0.209. The molecule has 0 saturated carbocycles. The Kier molecular flexibility index (Phi) is 8.40. The number of para-hydroxylation sites is 1. The summed E-state index contributed by atoms with van der Waals surface area (Å²) in [7, 11) is 1.63. The SMILES string of the molecule is COc1ccc2nc(-c3ccc(Cl)cc3)cc(-c3nnc(SCC(=O)Nc4ccc(C(C)=O)cc4)n3-c3ccccc3)c2c1. The number of ether oxygens (including phenoxy) is 1. The van der Waals surface area contributed by atoms with Crippen LogP contribution in [0.2, 0.25) is 5.02 Å². The Hall–Kier alpha value is -4.99. The standard InChI is InChI=1S/C34H26ClN5O3S/c1-21(41)22-10-14-25(15-11-22)36-32(42)20-44-34-39-38-33(40(34)26-6-4-3-5-7-26)29-19-31(23-8-12-24(35)13-9-23)37-30-17-16-27(43-2)18-28(29)30/h3-19H,20H2,1-2H3,(H,36,42). The number of hydrogen-bond donors (Lipinski definition) is 1. The molecule has 6 rings (SSSR count). The van der Waals surface area contributed by atoms with Gasteiger partial charge in [0.25, 0.3) is 0 Å². The molecule has 44 heavy (non-hydrogen) atoms. The zero-order chi connectivity index (χ0) is 30.6. The largest absolute Gasteiger partial charge is 0.497 e. The van der Waals surface area contributed by atoms with Crippen LogP contribution in [0.3, 0.4) is 0 Å². The van der Waals surface area contributed by atoms with Crippen molar-refractivity contribution in [2.45, 2.75) is 12.1 Å². The van der Waals surface area contributed by atoms with E-state index in [9.17, 15) is 9.59 Å². The second-order valence-corrected chi connectivity index (χ2v) is 11.3. The van der Waals surface area contributed by atoms with Crippen LogP contribution in [0.1, 0.15) is 17.3 Å². The Morgan fingerprint density at radius 1 is 0.909 bits per heavy atom. The molecule has 1 amide bonds. The molecule has 0 unspecified atom stereocenters. The summed E-state index contributed by atoms with van der Waals surface area (Å²) in [6.07, 6.45) is 0. The number of carbonyl (C=O) groups is 2. The minimum Gasteiger partial charge on any atom is -0.497 e. The van der Waals surface area contributed by atoms with Gasteiger partial charge in [-0.3, -0.25) is 14.2 Å². The van der Waals surface area contributed by atoms with E-state index in [1.807, 2.05) is 83.4 Å². The number of amides is 1. The fraction of sp³-hybridized carbons (Fsp3) is 0.0882. The second kappa shape index (κ2) is 12.7. The van der Waals surface area contributed by atoms with Crippen molar-refractivity contribution in [2.24, 2.45) is 0 Å². The lowest BCUT2D eigenvalue weighted by molar-refractivity contribution is -0.113. The van der Waals surface area contributed by atoms with Gasteiger partial charge in [0.05, 0.1) is 24.1 Å². The first kappa shape index (κ1) is 29.1. The molecule has 0 atom stereocenters. The van der Waals surface area contributed by atoms with Gasteiger partial charge in [0.1, 0.15) is 5.75 Å². The normalized spacial score (nSPS) is 11.0. The number of ketones is 1. The number of nitrogens with one attached hydrogen (secondary N) is 1. The van der Waals surface area contributed by atoms with Crippen LogP contribution in [0.25, 0.3) is 39.2 Å². The number of pyridine rings is 1. The molecule has 4 aromatic carbocycles. The number of thioether (sulfide) groups is 1. The topological polar surface area (TPSA) is 99.0 Å². The number of halogens is 1. The molecule has 8 nitrogen and oxygen atoms in total. The van der Waals surface area contributed by atoms with Crippen LogP contribution in [0.4, 0.5) is 5.69 Å². The number of aromatic nitrogens is 4. The van der Waals surface area contributed by atoms with Gasteiger partial charge in [-0.1, -0.05) is 53.7 Å².